The summed E-state index contributed by atoms with van der Waals surface area (Å²) in [6.45, 7) is 0.661. The number of aromatic hydroxyl groups is 1. The van der Waals surface area contributed by atoms with Gasteiger partial charge in [-0.15, -0.1) is 0 Å². The second-order valence-electron chi connectivity index (χ2n) is 6.15. The number of phenolic OH excluding ortho intramolecular Hbond substituents is 1. The molecule has 27 heavy (non-hydrogen) atoms. The number of ether oxygens (including phenoxy) is 1. The Morgan fingerprint density at radius 2 is 2.04 bits per heavy atom. The topological polar surface area (TPSA) is 78.9 Å². The summed E-state index contributed by atoms with van der Waals surface area (Å²) in [5, 5.41) is 13.1. The third-order valence-electron chi connectivity index (χ3n) is 4.45. The Bertz CT molecular complexity index is 888. The zero-order valence-electron chi connectivity index (χ0n) is 14.5. The minimum absolute atomic E-state index is 0.0239. The molecule has 8 heteroatoms. The Morgan fingerprint density at radius 1 is 1.26 bits per heavy atom. The van der Waals surface area contributed by atoms with Crippen LogP contribution in [0.3, 0.4) is 0 Å². The predicted octanol–water partition coefficient (Wildman–Crippen LogP) is 3.38. The lowest BCUT2D eigenvalue weighted by Gasteiger charge is -2.17. The van der Waals surface area contributed by atoms with Gasteiger partial charge >= 0.3 is 0 Å². The van der Waals surface area contributed by atoms with Gasteiger partial charge in [-0.3, -0.25) is 9.59 Å². The summed E-state index contributed by atoms with van der Waals surface area (Å²) >= 11 is 11.9. The maximum absolute atomic E-state index is 12.6. The van der Waals surface area contributed by atoms with Gasteiger partial charge in [-0.2, -0.15) is 0 Å². The van der Waals surface area contributed by atoms with Crippen LogP contribution in [-0.2, 0) is 16.1 Å². The zero-order valence-corrected chi connectivity index (χ0v) is 16.0. The Hall–Kier alpha value is -2.44. The molecule has 142 valence electrons. The highest BCUT2D eigenvalue weighted by Crippen LogP contribution is 2.31. The van der Waals surface area contributed by atoms with Crippen LogP contribution >= 0.6 is 23.2 Å². The van der Waals surface area contributed by atoms with E-state index in [1.165, 1.54) is 18.1 Å². The lowest BCUT2D eigenvalue weighted by Crippen LogP contribution is -2.36. The quantitative estimate of drug-likeness (QED) is 0.743. The largest absolute Gasteiger partial charge is 0.504 e. The molecule has 2 aromatic rings. The molecule has 3 rings (SSSR count). The van der Waals surface area contributed by atoms with Crippen LogP contribution in [0.1, 0.15) is 12.0 Å². The van der Waals surface area contributed by atoms with Crippen molar-refractivity contribution in [1.29, 1.82) is 0 Å². The van der Waals surface area contributed by atoms with Crippen LogP contribution in [0.5, 0.6) is 11.5 Å². The van der Waals surface area contributed by atoms with E-state index >= 15 is 0 Å². The minimum atomic E-state index is -0.751. The van der Waals surface area contributed by atoms with Gasteiger partial charge in [0, 0.05) is 18.8 Å². The van der Waals surface area contributed by atoms with Crippen molar-refractivity contribution in [2.75, 3.05) is 18.6 Å². The van der Waals surface area contributed by atoms with Crippen LogP contribution in [0, 0.1) is 5.92 Å². The van der Waals surface area contributed by atoms with E-state index in [1.54, 1.807) is 30.3 Å². The summed E-state index contributed by atoms with van der Waals surface area (Å²) in [5.74, 6) is -1.01. The van der Waals surface area contributed by atoms with Crippen molar-refractivity contribution in [3.8, 4) is 11.5 Å². The Morgan fingerprint density at radius 3 is 2.74 bits per heavy atom. The zero-order chi connectivity index (χ0) is 19.6. The highest BCUT2D eigenvalue weighted by molar-refractivity contribution is 6.42. The van der Waals surface area contributed by atoms with E-state index in [-0.39, 0.29) is 24.1 Å². The fourth-order valence-electron chi connectivity index (χ4n) is 2.98. The molecule has 0 radical (unpaired) electrons. The summed E-state index contributed by atoms with van der Waals surface area (Å²) in [6.07, 6.45) is 0.420. The molecule has 1 aliphatic rings. The smallest absolute Gasteiger partial charge is 0.239 e. The molecule has 0 spiro atoms. The lowest BCUT2D eigenvalue weighted by atomic mass is 10.1. The molecule has 2 N–H and O–H groups in total. The van der Waals surface area contributed by atoms with E-state index < -0.39 is 5.92 Å². The van der Waals surface area contributed by atoms with E-state index in [4.69, 9.17) is 27.9 Å². The number of nitrogens with zero attached hydrogens (tertiary/aromatic N) is 1. The normalized spacial score (nSPS) is 16.5. The first-order valence-electron chi connectivity index (χ1n) is 8.30. The van der Waals surface area contributed by atoms with Gasteiger partial charge < -0.3 is 20.1 Å². The van der Waals surface area contributed by atoms with Gasteiger partial charge in [-0.25, -0.2) is 0 Å². The first-order chi connectivity index (χ1) is 12.9. The van der Waals surface area contributed by atoms with Crippen LogP contribution in [0.25, 0.3) is 0 Å². The summed E-state index contributed by atoms with van der Waals surface area (Å²) in [7, 11) is 1.45. The van der Waals surface area contributed by atoms with Crippen molar-refractivity contribution in [1.82, 2.24) is 5.32 Å². The molecule has 1 saturated heterocycles. The first kappa shape index (κ1) is 19.3. The molecule has 2 aromatic carbocycles. The van der Waals surface area contributed by atoms with Crippen molar-refractivity contribution in [3.05, 3.63) is 52.0 Å². The van der Waals surface area contributed by atoms with Gasteiger partial charge in [0.1, 0.15) is 5.92 Å². The fraction of sp³-hybridized carbons (Fsp3) is 0.263. The monoisotopic (exact) mass is 408 g/mol. The number of hydrogen-bond donors (Lipinski definition) is 2. The summed E-state index contributed by atoms with van der Waals surface area (Å²) in [4.78, 5) is 26.6. The van der Waals surface area contributed by atoms with E-state index in [2.05, 4.69) is 5.32 Å². The number of benzene rings is 2. The Kier molecular flexibility index (Phi) is 5.77. The standard InChI is InChI=1S/C19H18Cl2N2O4/c1-27-17-8-11(2-5-16(17)24)10-22-18(25)13-6-7-23(19(13)26)12-3-4-14(20)15(21)9-12/h2-5,8-9,13,24H,6-7,10H2,1H3,(H,22,25)/t13-/m1/s1. The minimum Gasteiger partial charge on any atom is -0.504 e. The van der Waals surface area contributed by atoms with Gasteiger partial charge in [-0.1, -0.05) is 29.3 Å². The van der Waals surface area contributed by atoms with E-state index in [0.717, 1.165) is 5.56 Å². The first-order valence-corrected chi connectivity index (χ1v) is 9.06. The van der Waals surface area contributed by atoms with Gasteiger partial charge in [0.05, 0.1) is 17.2 Å². The second-order valence-corrected chi connectivity index (χ2v) is 6.97. The predicted molar refractivity (Wildman–Crippen MR) is 103 cm³/mol. The fourth-order valence-corrected chi connectivity index (χ4v) is 3.27. The summed E-state index contributed by atoms with van der Waals surface area (Å²) in [5.41, 5.74) is 1.37. The molecule has 1 atom stereocenters. The van der Waals surface area contributed by atoms with Gasteiger partial charge in [0.2, 0.25) is 11.8 Å². The number of nitrogens with one attached hydrogen (secondary N) is 1. The molecule has 0 aliphatic carbocycles. The van der Waals surface area contributed by atoms with Crippen molar-refractivity contribution in [2.45, 2.75) is 13.0 Å². The molecule has 6 nitrogen and oxygen atoms in total. The third-order valence-corrected chi connectivity index (χ3v) is 5.19. The Balaban J connectivity index is 1.64. The van der Waals surface area contributed by atoms with Crippen molar-refractivity contribution < 1.29 is 19.4 Å². The number of amides is 2. The van der Waals surface area contributed by atoms with Gasteiger partial charge in [-0.05, 0) is 42.3 Å². The summed E-state index contributed by atoms with van der Waals surface area (Å²) < 4.78 is 5.05. The molecular weight excluding hydrogens is 391 g/mol. The molecule has 1 aliphatic heterocycles. The number of methoxy groups -OCH3 is 1. The van der Waals surface area contributed by atoms with E-state index in [9.17, 15) is 14.7 Å². The number of halogens is 2. The van der Waals surface area contributed by atoms with Crippen molar-refractivity contribution in [2.24, 2.45) is 5.92 Å². The number of carbonyl (C=O) groups is 2. The molecule has 0 saturated carbocycles. The average Bonchev–Trinajstić information content (AvgIpc) is 3.04. The van der Waals surface area contributed by atoms with Crippen LogP contribution in [0.4, 0.5) is 5.69 Å². The number of hydrogen-bond acceptors (Lipinski definition) is 4. The third kappa shape index (κ3) is 4.12. The Labute approximate surface area is 166 Å². The molecular formula is C19H18Cl2N2O4. The summed E-state index contributed by atoms with van der Waals surface area (Å²) in [6, 6.07) is 9.75. The molecule has 0 unspecified atom stereocenters. The molecule has 0 bridgehead atoms. The number of carbonyl (C=O) groups excluding carboxylic acids is 2. The maximum atomic E-state index is 12.6. The SMILES string of the molecule is COc1cc(CNC(=O)[C@H]2CCN(c3ccc(Cl)c(Cl)c3)C2=O)ccc1O. The second kappa shape index (κ2) is 8.06. The number of rotatable bonds is 5. The van der Waals surface area contributed by atoms with Gasteiger partial charge in [0.15, 0.2) is 11.5 Å². The van der Waals surface area contributed by atoms with Gasteiger partial charge in [0.25, 0.3) is 0 Å². The van der Waals surface area contributed by atoms with Crippen molar-refractivity contribution >= 4 is 40.7 Å². The maximum Gasteiger partial charge on any atom is 0.239 e. The molecule has 0 aromatic heterocycles. The van der Waals surface area contributed by atoms with Crippen LogP contribution in [0.2, 0.25) is 10.0 Å². The number of phenols is 1. The highest BCUT2D eigenvalue weighted by atomic mass is 35.5. The molecule has 2 amide bonds. The average molecular weight is 409 g/mol. The molecule has 1 fully saturated rings. The van der Waals surface area contributed by atoms with Crippen LogP contribution < -0.4 is 15.0 Å². The number of anilines is 1. The van der Waals surface area contributed by atoms with Crippen LogP contribution in [-0.4, -0.2) is 30.6 Å². The highest BCUT2D eigenvalue weighted by Gasteiger charge is 2.37. The van der Waals surface area contributed by atoms with E-state index in [1.807, 2.05) is 0 Å². The lowest BCUT2D eigenvalue weighted by molar-refractivity contribution is -0.132. The van der Waals surface area contributed by atoms with E-state index in [0.29, 0.717) is 34.4 Å². The molecule has 1 heterocycles. The van der Waals surface area contributed by atoms with Crippen molar-refractivity contribution in [3.63, 3.8) is 0 Å². The van der Waals surface area contributed by atoms with Crippen LogP contribution in [0.15, 0.2) is 36.4 Å².